The molecule has 1 heterocycles. The molecule has 0 spiro atoms. The minimum atomic E-state index is 0.899. The van der Waals surface area contributed by atoms with E-state index in [4.69, 9.17) is 4.42 Å². The van der Waals surface area contributed by atoms with Crippen LogP contribution in [0.5, 0.6) is 0 Å². The van der Waals surface area contributed by atoms with E-state index in [1.54, 1.807) is 0 Å². The largest absolute Gasteiger partial charge is 0.455 e. The van der Waals surface area contributed by atoms with Crippen molar-refractivity contribution in [1.29, 1.82) is 0 Å². The number of rotatable bonds is 7. The van der Waals surface area contributed by atoms with E-state index < -0.39 is 0 Å². The predicted molar refractivity (Wildman–Crippen MR) is 263 cm³/mol. The maximum Gasteiger partial charge on any atom is 0.143 e. The molecule has 0 fully saturated rings. The van der Waals surface area contributed by atoms with E-state index in [0.717, 1.165) is 61.3 Å². The van der Waals surface area contributed by atoms with Crippen molar-refractivity contribution in [3.63, 3.8) is 0 Å². The third-order valence-corrected chi connectivity index (χ3v) is 12.5. The first kappa shape index (κ1) is 35.7. The minimum absolute atomic E-state index is 0.899. The van der Waals surface area contributed by atoms with Gasteiger partial charge in [-0.05, 0) is 90.5 Å². The lowest BCUT2D eigenvalue weighted by Gasteiger charge is -2.30. The van der Waals surface area contributed by atoms with E-state index in [2.05, 4.69) is 229 Å². The summed E-state index contributed by atoms with van der Waals surface area (Å²) in [5, 5.41) is 9.66. The molecular weight excluding hydrogens is 751 g/mol. The molecule has 0 saturated carbocycles. The first-order valence-corrected chi connectivity index (χ1v) is 21.3. The number of nitrogens with zero attached hydrogens (tertiary/aromatic N) is 1. The Kier molecular flexibility index (Phi) is 8.53. The monoisotopic (exact) mass is 789 g/mol. The van der Waals surface area contributed by atoms with Crippen LogP contribution in [0.15, 0.2) is 241 Å². The van der Waals surface area contributed by atoms with Crippen molar-refractivity contribution in [2.24, 2.45) is 0 Å². The second-order valence-electron chi connectivity index (χ2n) is 16.0. The fraction of sp³-hybridized carbons (Fsp3) is 0. The van der Waals surface area contributed by atoms with Gasteiger partial charge in [-0.2, -0.15) is 0 Å². The van der Waals surface area contributed by atoms with Gasteiger partial charge in [-0.15, -0.1) is 0 Å². The highest BCUT2D eigenvalue weighted by Gasteiger charge is 2.23. The molecule has 0 aliphatic heterocycles. The van der Waals surface area contributed by atoms with Crippen molar-refractivity contribution >= 4 is 71.3 Å². The quantitative estimate of drug-likeness (QED) is 0.150. The van der Waals surface area contributed by atoms with Gasteiger partial charge >= 0.3 is 0 Å². The molecule has 0 N–H and O–H groups in total. The number of hydrogen-bond donors (Lipinski definition) is 0. The fourth-order valence-corrected chi connectivity index (χ4v) is 9.66. The topological polar surface area (TPSA) is 16.4 Å². The number of benzene rings is 11. The molecule has 11 aromatic carbocycles. The molecule has 0 saturated heterocycles. The first-order valence-electron chi connectivity index (χ1n) is 21.3. The summed E-state index contributed by atoms with van der Waals surface area (Å²) in [5.41, 5.74) is 14.3. The Hall–Kier alpha value is -8.20. The van der Waals surface area contributed by atoms with Crippen molar-refractivity contribution in [2.45, 2.75) is 0 Å². The number of fused-ring (bicyclic) bond motifs is 7. The maximum atomic E-state index is 6.51. The smallest absolute Gasteiger partial charge is 0.143 e. The van der Waals surface area contributed by atoms with E-state index >= 15 is 0 Å². The molecule has 0 radical (unpaired) electrons. The molecule has 2 heteroatoms. The molecule has 0 amide bonds. The summed E-state index contributed by atoms with van der Waals surface area (Å²) in [7, 11) is 0. The second kappa shape index (κ2) is 14.8. The van der Waals surface area contributed by atoms with Gasteiger partial charge in [-0.3, -0.25) is 0 Å². The molecule has 62 heavy (non-hydrogen) atoms. The molecular formula is C60H39NO. The van der Waals surface area contributed by atoms with Crippen molar-refractivity contribution in [3.05, 3.63) is 237 Å². The van der Waals surface area contributed by atoms with Crippen LogP contribution in [0.4, 0.5) is 17.1 Å². The van der Waals surface area contributed by atoms with Crippen LogP contribution in [0.25, 0.3) is 98.8 Å². The normalized spacial score (nSPS) is 11.5. The van der Waals surface area contributed by atoms with E-state index in [1.807, 2.05) is 12.1 Å². The van der Waals surface area contributed by atoms with Crippen LogP contribution in [0.3, 0.4) is 0 Å². The van der Waals surface area contributed by atoms with Crippen LogP contribution < -0.4 is 4.90 Å². The molecule has 0 bridgehead atoms. The Balaban J connectivity index is 1.09. The summed E-state index contributed by atoms with van der Waals surface area (Å²) in [6.45, 7) is 0. The van der Waals surface area contributed by atoms with Crippen LogP contribution in [-0.2, 0) is 0 Å². The zero-order valence-electron chi connectivity index (χ0n) is 33.9. The van der Waals surface area contributed by atoms with Crippen LogP contribution in [0, 0.1) is 0 Å². The van der Waals surface area contributed by atoms with Gasteiger partial charge in [0.25, 0.3) is 0 Å². The second-order valence-corrected chi connectivity index (χ2v) is 16.0. The molecule has 0 aliphatic carbocycles. The van der Waals surface area contributed by atoms with E-state index in [-0.39, 0.29) is 0 Å². The summed E-state index contributed by atoms with van der Waals surface area (Å²) in [6, 6.07) is 85.6. The van der Waals surface area contributed by atoms with Gasteiger partial charge < -0.3 is 9.32 Å². The number of para-hydroxylation sites is 4. The number of anilines is 3. The average Bonchev–Trinajstić information content (AvgIpc) is 3.73. The predicted octanol–water partition coefficient (Wildman–Crippen LogP) is 17.2. The van der Waals surface area contributed by atoms with Crippen molar-refractivity contribution in [1.82, 2.24) is 0 Å². The first-order chi connectivity index (χ1) is 30.8. The molecule has 12 rings (SSSR count). The van der Waals surface area contributed by atoms with Gasteiger partial charge in [0.2, 0.25) is 0 Å². The van der Waals surface area contributed by atoms with Crippen LogP contribution >= 0.6 is 0 Å². The van der Waals surface area contributed by atoms with Crippen molar-refractivity contribution in [2.75, 3.05) is 4.90 Å². The Bertz CT molecular complexity index is 3630. The van der Waals surface area contributed by atoms with Gasteiger partial charge in [0, 0.05) is 33.2 Å². The standard InChI is InChI=1S/C60H39NO/c1-2-16-40(17-3-1)46-25-12-19-43-20-13-29-54(59(43)46)52-23-7-10-32-57(52)61(44-37-34-42(35-38-44)47-26-14-30-55-53-24-8-11-33-58(53)62-60(47)55)56-31-9-6-22-51(56)49-28-15-27-48-45-21-5-4-18-41(45)36-39-50(48)49/h1-39H. The highest BCUT2D eigenvalue weighted by molar-refractivity contribution is 6.14. The van der Waals surface area contributed by atoms with Gasteiger partial charge in [0.1, 0.15) is 11.2 Å². The molecule has 2 nitrogen and oxygen atoms in total. The molecule has 290 valence electrons. The van der Waals surface area contributed by atoms with E-state index in [0.29, 0.717) is 0 Å². The Morgan fingerprint density at radius 2 is 0.806 bits per heavy atom. The molecule has 0 atom stereocenters. The van der Waals surface area contributed by atoms with Crippen molar-refractivity contribution < 1.29 is 4.42 Å². The van der Waals surface area contributed by atoms with Crippen LogP contribution in [-0.4, -0.2) is 0 Å². The number of furan rings is 1. The minimum Gasteiger partial charge on any atom is -0.455 e. The third kappa shape index (κ3) is 5.88. The Labute approximate surface area is 360 Å². The SMILES string of the molecule is c1ccc(-c2cccc3cccc(-c4ccccc4N(c4ccc(-c5cccc6c5oc5ccccc56)cc4)c4ccccc4-c4cccc5c4ccc4ccccc45)c23)cc1. The Morgan fingerprint density at radius 3 is 1.60 bits per heavy atom. The maximum absolute atomic E-state index is 6.51. The summed E-state index contributed by atoms with van der Waals surface area (Å²) < 4.78 is 6.51. The molecule has 0 unspecified atom stereocenters. The molecule has 12 aromatic rings. The van der Waals surface area contributed by atoms with Gasteiger partial charge in [-0.25, -0.2) is 0 Å². The van der Waals surface area contributed by atoms with Gasteiger partial charge in [-0.1, -0.05) is 206 Å². The zero-order valence-corrected chi connectivity index (χ0v) is 33.9. The van der Waals surface area contributed by atoms with E-state index in [9.17, 15) is 0 Å². The van der Waals surface area contributed by atoms with Crippen molar-refractivity contribution in [3.8, 4) is 44.5 Å². The summed E-state index contributed by atoms with van der Waals surface area (Å²) >= 11 is 0. The van der Waals surface area contributed by atoms with Gasteiger partial charge in [0.15, 0.2) is 0 Å². The summed E-state index contributed by atoms with van der Waals surface area (Å²) in [4.78, 5) is 2.46. The van der Waals surface area contributed by atoms with Gasteiger partial charge in [0.05, 0.1) is 11.4 Å². The molecule has 1 aromatic heterocycles. The summed E-state index contributed by atoms with van der Waals surface area (Å²) in [5.74, 6) is 0. The lowest BCUT2D eigenvalue weighted by atomic mass is 9.90. The highest BCUT2D eigenvalue weighted by atomic mass is 16.3. The van der Waals surface area contributed by atoms with Crippen LogP contribution in [0.2, 0.25) is 0 Å². The summed E-state index contributed by atoms with van der Waals surface area (Å²) in [6.07, 6.45) is 0. The average molecular weight is 790 g/mol. The fourth-order valence-electron chi connectivity index (χ4n) is 9.66. The Morgan fingerprint density at radius 1 is 0.274 bits per heavy atom. The molecule has 0 aliphatic rings. The highest BCUT2D eigenvalue weighted by Crippen LogP contribution is 2.48. The third-order valence-electron chi connectivity index (χ3n) is 12.5. The lowest BCUT2D eigenvalue weighted by Crippen LogP contribution is -2.12. The zero-order chi connectivity index (χ0) is 41.0. The lowest BCUT2D eigenvalue weighted by molar-refractivity contribution is 0.670. The van der Waals surface area contributed by atoms with Crippen LogP contribution in [0.1, 0.15) is 0 Å². The van der Waals surface area contributed by atoms with E-state index in [1.165, 1.54) is 54.6 Å². The number of hydrogen-bond acceptors (Lipinski definition) is 2.